The molecular formula is C17H16N4O6. The smallest absolute Gasteiger partial charge is 0.405 e. The van der Waals surface area contributed by atoms with Gasteiger partial charge in [0.1, 0.15) is 16.5 Å². The number of ketones is 1. The predicted molar refractivity (Wildman–Crippen MR) is 93.6 cm³/mol. The fourth-order valence-electron chi connectivity index (χ4n) is 3.78. The number of nitro groups is 1. The van der Waals surface area contributed by atoms with Gasteiger partial charge < -0.3 is 9.73 Å². The Bertz CT molecular complexity index is 1150. The molecule has 0 radical (unpaired) electrons. The number of fused-ring (bicyclic) bond motifs is 1. The highest BCUT2D eigenvalue weighted by molar-refractivity contribution is 6.00. The summed E-state index contributed by atoms with van der Waals surface area (Å²) in [5.74, 6) is -1.11. The van der Waals surface area contributed by atoms with Crippen LogP contribution in [0.3, 0.4) is 0 Å². The molecule has 0 aromatic carbocycles. The molecule has 0 bridgehead atoms. The molecule has 0 saturated carbocycles. The topological polar surface area (TPSA) is 129 Å². The van der Waals surface area contributed by atoms with Crippen molar-refractivity contribution in [1.29, 1.82) is 0 Å². The van der Waals surface area contributed by atoms with Crippen LogP contribution in [0.1, 0.15) is 36.5 Å². The highest BCUT2D eigenvalue weighted by atomic mass is 16.6. The first-order valence-electron chi connectivity index (χ1n) is 8.38. The Balaban J connectivity index is 2.06. The summed E-state index contributed by atoms with van der Waals surface area (Å²) in [6.45, 7) is 0. The Hall–Kier alpha value is -3.43. The summed E-state index contributed by atoms with van der Waals surface area (Å²) >= 11 is 0. The molecule has 140 valence electrons. The second-order valence-electron chi connectivity index (χ2n) is 6.63. The Morgan fingerprint density at radius 2 is 1.93 bits per heavy atom. The first kappa shape index (κ1) is 17.0. The Labute approximate surface area is 151 Å². The lowest BCUT2D eigenvalue weighted by molar-refractivity contribution is -0.402. The number of aromatic nitrogens is 2. The number of hydrogen-bond donors (Lipinski definition) is 1. The van der Waals surface area contributed by atoms with Crippen LogP contribution in [0.2, 0.25) is 0 Å². The lowest BCUT2D eigenvalue weighted by Gasteiger charge is -2.33. The van der Waals surface area contributed by atoms with E-state index in [0.29, 0.717) is 30.5 Å². The molecule has 1 atom stereocenters. The second kappa shape index (κ2) is 5.79. The molecule has 0 saturated heterocycles. The molecule has 10 nitrogen and oxygen atoms in total. The number of nitrogens with zero attached hydrogens (tertiary/aromatic N) is 3. The van der Waals surface area contributed by atoms with Crippen molar-refractivity contribution in [3.8, 4) is 0 Å². The lowest BCUT2D eigenvalue weighted by Crippen LogP contribution is -2.43. The van der Waals surface area contributed by atoms with E-state index in [4.69, 9.17) is 4.42 Å². The number of allylic oxidation sites excluding steroid dienone is 2. The van der Waals surface area contributed by atoms with Crippen LogP contribution in [-0.4, -0.2) is 19.8 Å². The summed E-state index contributed by atoms with van der Waals surface area (Å²) in [6, 6.07) is 2.59. The number of furan rings is 1. The third-order valence-corrected chi connectivity index (χ3v) is 5.08. The standard InChI is InChI=1S/C17H16N4O6/c1-19-15-14(16(23)20(2)17(19)24)13(10-6-7-11(27-10)21(25)26)12-8(18-15)4-3-5-9(12)22/h6-7,13,18H,3-5H2,1-2H3. The molecule has 2 aromatic rings. The molecule has 2 aromatic heterocycles. The predicted octanol–water partition coefficient (Wildman–Crippen LogP) is 1.15. The van der Waals surface area contributed by atoms with E-state index in [9.17, 15) is 24.5 Å². The number of rotatable bonds is 2. The summed E-state index contributed by atoms with van der Waals surface area (Å²) in [5, 5.41) is 14.1. The highest BCUT2D eigenvalue weighted by Gasteiger charge is 2.40. The minimum atomic E-state index is -0.900. The van der Waals surface area contributed by atoms with E-state index in [1.54, 1.807) is 0 Å². The van der Waals surface area contributed by atoms with Gasteiger partial charge >= 0.3 is 11.6 Å². The van der Waals surface area contributed by atoms with Crippen molar-refractivity contribution in [2.24, 2.45) is 14.1 Å². The molecule has 0 fully saturated rings. The quantitative estimate of drug-likeness (QED) is 0.618. The van der Waals surface area contributed by atoms with E-state index in [1.807, 2.05) is 0 Å². The van der Waals surface area contributed by atoms with Crippen molar-refractivity contribution in [3.05, 3.63) is 65.7 Å². The molecule has 4 rings (SSSR count). The zero-order chi connectivity index (χ0) is 19.5. The molecule has 1 aliphatic heterocycles. The third kappa shape index (κ3) is 2.36. The van der Waals surface area contributed by atoms with Gasteiger partial charge in [-0.3, -0.25) is 28.8 Å². The number of carbonyl (C=O) groups is 1. The van der Waals surface area contributed by atoms with Gasteiger partial charge in [-0.05, 0) is 18.9 Å². The molecule has 3 heterocycles. The molecule has 27 heavy (non-hydrogen) atoms. The van der Waals surface area contributed by atoms with Gasteiger partial charge in [0.05, 0.1) is 17.5 Å². The molecule has 0 spiro atoms. The van der Waals surface area contributed by atoms with E-state index in [2.05, 4.69) is 5.32 Å². The first-order valence-corrected chi connectivity index (χ1v) is 8.38. The maximum Gasteiger partial charge on any atom is 0.433 e. The van der Waals surface area contributed by atoms with Gasteiger partial charge in [-0.2, -0.15) is 0 Å². The van der Waals surface area contributed by atoms with Gasteiger partial charge in [0, 0.05) is 31.8 Å². The molecule has 1 N–H and O–H groups in total. The van der Waals surface area contributed by atoms with Crippen molar-refractivity contribution < 1.29 is 14.1 Å². The second-order valence-corrected chi connectivity index (χ2v) is 6.63. The number of carbonyl (C=O) groups excluding carboxylic acids is 1. The zero-order valence-electron chi connectivity index (χ0n) is 14.6. The maximum atomic E-state index is 12.9. The Morgan fingerprint density at radius 3 is 2.59 bits per heavy atom. The van der Waals surface area contributed by atoms with Gasteiger partial charge in [0.25, 0.3) is 5.56 Å². The van der Waals surface area contributed by atoms with E-state index in [1.165, 1.54) is 30.8 Å². The summed E-state index contributed by atoms with van der Waals surface area (Å²) in [6.07, 6.45) is 1.54. The van der Waals surface area contributed by atoms with Gasteiger partial charge in [-0.25, -0.2) is 4.79 Å². The summed E-state index contributed by atoms with van der Waals surface area (Å²) in [4.78, 5) is 48.2. The molecule has 1 unspecified atom stereocenters. The van der Waals surface area contributed by atoms with Crippen molar-refractivity contribution in [2.45, 2.75) is 25.2 Å². The fourth-order valence-corrected chi connectivity index (χ4v) is 3.78. The summed E-state index contributed by atoms with van der Waals surface area (Å²) in [7, 11) is 2.87. The molecule has 2 aliphatic rings. The van der Waals surface area contributed by atoms with Crippen LogP contribution in [0.25, 0.3) is 0 Å². The summed E-state index contributed by atoms with van der Waals surface area (Å²) in [5.41, 5.74) is 0.0637. The summed E-state index contributed by atoms with van der Waals surface area (Å²) < 4.78 is 7.60. The van der Waals surface area contributed by atoms with Gasteiger partial charge in [-0.1, -0.05) is 0 Å². The highest BCUT2D eigenvalue weighted by Crippen LogP contribution is 2.44. The van der Waals surface area contributed by atoms with Crippen LogP contribution < -0.4 is 16.6 Å². The molecule has 1 aliphatic carbocycles. The number of nitrogens with one attached hydrogen (secondary N) is 1. The van der Waals surface area contributed by atoms with Crippen LogP contribution in [0.15, 0.2) is 37.4 Å². The largest absolute Gasteiger partial charge is 0.433 e. The minimum Gasteiger partial charge on any atom is -0.405 e. The number of hydrogen-bond acceptors (Lipinski definition) is 7. The normalized spacial score (nSPS) is 18.7. The monoisotopic (exact) mass is 372 g/mol. The SMILES string of the molecule is Cn1c2c(c(=O)n(C)c1=O)C(c1ccc([N+](=O)[O-])o1)C1=C(CCCC1=O)N2. The average Bonchev–Trinajstić information content (AvgIpc) is 3.13. The Kier molecular flexibility index (Phi) is 3.65. The van der Waals surface area contributed by atoms with Crippen molar-refractivity contribution >= 4 is 17.5 Å². The van der Waals surface area contributed by atoms with Crippen LogP contribution in [0, 0.1) is 10.1 Å². The van der Waals surface area contributed by atoms with Crippen LogP contribution in [0.5, 0.6) is 0 Å². The van der Waals surface area contributed by atoms with E-state index >= 15 is 0 Å². The first-order chi connectivity index (χ1) is 12.8. The number of Topliss-reactive ketones (excluding diaryl/α,β-unsaturated/α-hetero) is 1. The van der Waals surface area contributed by atoms with E-state index in [0.717, 1.165) is 4.57 Å². The van der Waals surface area contributed by atoms with E-state index < -0.39 is 28.0 Å². The molecule has 0 amide bonds. The fraction of sp³-hybridized carbons (Fsp3) is 0.353. The maximum absolute atomic E-state index is 12.9. The minimum absolute atomic E-state index is 0.128. The Morgan fingerprint density at radius 1 is 1.19 bits per heavy atom. The van der Waals surface area contributed by atoms with Crippen molar-refractivity contribution in [2.75, 3.05) is 5.32 Å². The molecular weight excluding hydrogens is 356 g/mol. The van der Waals surface area contributed by atoms with Gasteiger partial charge in [0.2, 0.25) is 0 Å². The van der Waals surface area contributed by atoms with E-state index in [-0.39, 0.29) is 22.9 Å². The van der Waals surface area contributed by atoms with Gasteiger partial charge in [0.15, 0.2) is 5.78 Å². The van der Waals surface area contributed by atoms with Crippen molar-refractivity contribution in [1.82, 2.24) is 9.13 Å². The lowest BCUT2D eigenvalue weighted by atomic mass is 9.79. The van der Waals surface area contributed by atoms with Crippen molar-refractivity contribution in [3.63, 3.8) is 0 Å². The van der Waals surface area contributed by atoms with Crippen LogP contribution in [0.4, 0.5) is 11.7 Å². The third-order valence-electron chi connectivity index (χ3n) is 5.08. The zero-order valence-corrected chi connectivity index (χ0v) is 14.6. The molecule has 10 heteroatoms. The number of anilines is 1. The van der Waals surface area contributed by atoms with Crippen LogP contribution in [-0.2, 0) is 18.9 Å². The average molecular weight is 372 g/mol. The van der Waals surface area contributed by atoms with Gasteiger partial charge in [-0.15, -0.1) is 0 Å². The van der Waals surface area contributed by atoms with Crippen LogP contribution >= 0.6 is 0 Å².